The molecule has 15 heavy (non-hydrogen) atoms. The number of phenolic OH excluding ortho intramolecular Hbond substituents is 1. The van der Waals surface area contributed by atoms with Crippen LogP contribution < -0.4 is 0 Å². The Morgan fingerprint density at radius 2 is 2.27 bits per heavy atom. The van der Waals surface area contributed by atoms with Crippen molar-refractivity contribution in [2.24, 2.45) is 0 Å². The molecule has 1 rings (SSSR count). The SMILES string of the molecule is COC(=O)c1ccc(C#CC#N)c(O)c1. The zero-order valence-electron chi connectivity index (χ0n) is 7.94. The van der Waals surface area contributed by atoms with E-state index in [0.717, 1.165) is 0 Å². The minimum Gasteiger partial charge on any atom is -0.507 e. The van der Waals surface area contributed by atoms with Gasteiger partial charge in [-0.15, -0.1) is 0 Å². The Labute approximate surface area is 86.7 Å². The van der Waals surface area contributed by atoms with Crippen LogP contribution in [0.25, 0.3) is 0 Å². The van der Waals surface area contributed by atoms with Crippen molar-refractivity contribution in [3.8, 4) is 23.7 Å². The number of nitriles is 1. The number of ether oxygens (including phenoxy) is 1. The van der Waals surface area contributed by atoms with Gasteiger partial charge in [0.1, 0.15) is 5.75 Å². The summed E-state index contributed by atoms with van der Waals surface area (Å²) in [6.45, 7) is 0. The van der Waals surface area contributed by atoms with Crippen molar-refractivity contribution in [1.29, 1.82) is 5.26 Å². The lowest BCUT2D eigenvalue weighted by Crippen LogP contribution is -2.00. The van der Waals surface area contributed by atoms with Crippen molar-refractivity contribution < 1.29 is 14.6 Å². The number of aromatic hydroxyl groups is 1. The third-order valence-corrected chi connectivity index (χ3v) is 1.67. The molecular weight excluding hydrogens is 194 g/mol. The first-order valence-electron chi connectivity index (χ1n) is 4.00. The number of nitrogens with zero attached hydrogens (tertiary/aromatic N) is 1. The Balaban J connectivity index is 3.10. The lowest BCUT2D eigenvalue weighted by Gasteiger charge is -2.01. The van der Waals surface area contributed by atoms with Gasteiger partial charge in [-0.05, 0) is 24.1 Å². The van der Waals surface area contributed by atoms with Crippen molar-refractivity contribution in [2.75, 3.05) is 7.11 Å². The smallest absolute Gasteiger partial charge is 0.337 e. The van der Waals surface area contributed by atoms with Crippen LogP contribution in [0.5, 0.6) is 5.75 Å². The number of methoxy groups -OCH3 is 1. The molecule has 0 amide bonds. The second-order valence-corrected chi connectivity index (χ2v) is 2.59. The number of hydrogen-bond donors (Lipinski definition) is 1. The number of benzene rings is 1. The summed E-state index contributed by atoms with van der Waals surface area (Å²) in [6.07, 6.45) is 0. The molecule has 0 radical (unpaired) electrons. The highest BCUT2D eigenvalue weighted by Crippen LogP contribution is 2.18. The standard InChI is InChI=1S/C11H7NO3/c1-15-11(14)9-5-4-8(3-2-6-12)10(13)7-9/h4-5,7,13H,1H3. The van der Waals surface area contributed by atoms with Crippen LogP contribution in [0.2, 0.25) is 0 Å². The molecule has 0 saturated carbocycles. The first-order valence-corrected chi connectivity index (χ1v) is 4.00. The summed E-state index contributed by atoms with van der Waals surface area (Å²) < 4.78 is 4.47. The summed E-state index contributed by atoms with van der Waals surface area (Å²) in [6, 6.07) is 5.79. The quantitative estimate of drug-likeness (QED) is 0.544. The minimum absolute atomic E-state index is 0.152. The number of esters is 1. The summed E-state index contributed by atoms with van der Waals surface area (Å²) in [4.78, 5) is 11.1. The molecule has 1 N–H and O–H groups in total. The number of hydrogen-bond acceptors (Lipinski definition) is 4. The van der Waals surface area contributed by atoms with Crippen molar-refractivity contribution in [3.63, 3.8) is 0 Å². The largest absolute Gasteiger partial charge is 0.507 e. The maximum Gasteiger partial charge on any atom is 0.337 e. The first-order chi connectivity index (χ1) is 7.19. The average Bonchev–Trinajstić information content (AvgIpc) is 2.26. The lowest BCUT2D eigenvalue weighted by atomic mass is 10.1. The van der Waals surface area contributed by atoms with Crippen LogP contribution in [-0.2, 0) is 4.74 Å². The number of carbonyl (C=O) groups excluding carboxylic acids is 1. The van der Waals surface area contributed by atoms with Gasteiger partial charge in [0.05, 0.1) is 18.2 Å². The second-order valence-electron chi connectivity index (χ2n) is 2.59. The van der Waals surface area contributed by atoms with Crippen molar-refractivity contribution >= 4 is 5.97 Å². The first kappa shape index (κ1) is 10.6. The Hall–Kier alpha value is -2.46. The molecule has 0 fully saturated rings. The van der Waals surface area contributed by atoms with E-state index in [4.69, 9.17) is 5.26 Å². The molecule has 1 aromatic rings. The van der Waals surface area contributed by atoms with Gasteiger partial charge in [-0.2, -0.15) is 5.26 Å². The molecule has 4 nitrogen and oxygen atoms in total. The molecule has 74 valence electrons. The Morgan fingerprint density at radius 1 is 1.53 bits per heavy atom. The Morgan fingerprint density at radius 3 is 2.80 bits per heavy atom. The molecule has 0 aliphatic rings. The zero-order chi connectivity index (χ0) is 11.3. The molecule has 0 atom stereocenters. The van der Waals surface area contributed by atoms with Crippen LogP contribution in [-0.4, -0.2) is 18.2 Å². The van der Waals surface area contributed by atoms with Crippen LogP contribution in [0.4, 0.5) is 0 Å². The highest BCUT2D eigenvalue weighted by Gasteiger charge is 2.07. The highest BCUT2D eigenvalue weighted by atomic mass is 16.5. The molecule has 0 aliphatic heterocycles. The fraction of sp³-hybridized carbons (Fsp3) is 0.0909. The summed E-state index contributed by atoms with van der Waals surface area (Å²) >= 11 is 0. The van der Waals surface area contributed by atoms with Gasteiger partial charge in [0.15, 0.2) is 6.07 Å². The van der Waals surface area contributed by atoms with Gasteiger partial charge in [-0.3, -0.25) is 0 Å². The topological polar surface area (TPSA) is 70.3 Å². The maximum atomic E-state index is 11.1. The van der Waals surface area contributed by atoms with Gasteiger partial charge in [-0.1, -0.05) is 0 Å². The van der Waals surface area contributed by atoms with E-state index in [0.29, 0.717) is 5.56 Å². The monoisotopic (exact) mass is 201 g/mol. The summed E-state index contributed by atoms with van der Waals surface area (Å²) in [5, 5.41) is 17.7. The number of rotatable bonds is 1. The van der Waals surface area contributed by atoms with Gasteiger partial charge >= 0.3 is 5.97 Å². The van der Waals surface area contributed by atoms with Gasteiger partial charge < -0.3 is 9.84 Å². The van der Waals surface area contributed by atoms with Gasteiger partial charge in [0.25, 0.3) is 0 Å². The maximum absolute atomic E-state index is 11.1. The zero-order valence-corrected chi connectivity index (χ0v) is 7.94. The van der Waals surface area contributed by atoms with E-state index in [-0.39, 0.29) is 11.3 Å². The van der Waals surface area contributed by atoms with Crippen LogP contribution in [0.3, 0.4) is 0 Å². The van der Waals surface area contributed by atoms with E-state index in [1.165, 1.54) is 25.3 Å². The molecule has 0 aliphatic carbocycles. The van der Waals surface area contributed by atoms with E-state index in [1.807, 2.05) is 0 Å². The van der Waals surface area contributed by atoms with E-state index in [2.05, 4.69) is 16.6 Å². The molecule has 4 heteroatoms. The fourth-order valence-corrected chi connectivity index (χ4v) is 0.977. The van der Waals surface area contributed by atoms with Gasteiger partial charge in [0.2, 0.25) is 0 Å². The molecule has 0 saturated heterocycles. The van der Waals surface area contributed by atoms with E-state index in [9.17, 15) is 9.90 Å². The Kier molecular flexibility index (Phi) is 3.32. The van der Waals surface area contributed by atoms with Crippen LogP contribution in [0.15, 0.2) is 18.2 Å². The fourth-order valence-electron chi connectivity index (χ4n) is 0.977. The molecule has 1 aromatic carbocycles. The van der Waals surface area contributed by atoms with E-state index in [1.54, 1.807) is 6.07 Å². The molecule has 0 spiro atoms. The predicted octanol–water partition coefficient (Wildman–Crippen LogP) is 1.05. The summed E-state index contributed by atoms with van der Waals surface area (Å²) in [7, 11) is 1.25. The average molecular weight is 201 g/mol. The molecule has 0 unspecified atom stereocenters. The van der Waals surface area contributed by atoms with Crippen molar-refractivity contribution in [1.82, 2.24) is 0 Å². The number of carbonyl (C=O) groups is 1. The lowest BCUT2D eigenvalue weighted by molar-refractivity contribution is 0.0600. The van der Waals surface area contributed by atoms with Crippen molar-refractivity contribution in [2.45, 2.75) is 0 Å². The normalized spacial score (nSPS) is 8.27. The van der Waals surface area contributed by atoms with E-state index >= 15 is 0 Å². The third-order valence-electron chi connectivity index (χ3n) is 1.67. The summed E-state index contributed by atoms with van der Waals surface area (Å²) in [5.41, 5.74) is 0.529. The highest BCUT2D eigenvalue weighted by molar-refractivity contribution is 5.90. The molecule has 0 heterocycles. The van der Waals surface area contributed by atoms with Crippen molar-refractivity contribution in [3.05, 3.63) is 29.3 Å². The molecular formula is C11H7NO3. The van der Waals surface area contributed by atoms with Gasteiger partial charge in [0, 0.05) is 5.92 Å². The summed E-state index contributed by atoms with van der Waals surface area (Å²) in [5.74, 6) is 3.89. The Bertz CT molecular complexity index is 489. The van der Waals surface area contributed by atoms with E-state index < -0.39 is 5.97 Å². The van der Waals surface area contributed by atoms with Crippen LogP contribution >= 0.6 is 0 Å². The van der Waals surface area contributed by atoms with Crippen LogP contribution in [0, 0.1) is 23.2 Å². The third kappa shape index (κ3) is 2.49. The predicted molar refractivity (Wildman–Crippen MR) is 51.9 cm³/mol. The molecule has 0 aromatic heterocycles. The van der Waals surface area contributed by atoms with Gasteiger partial charge in [-0.25, -0.2) is 4.79 Å². The number of phenols is 1. The minimum atomic E-state index is -0.537. The molecule has 0 bridgehead atoms. The second kappa shape index (κ2) is 4.69. The van der Waals surface area contributed by atoms with Crippen LogP contribution in [0.1, 0.15) is 15.9 Å².